The van der Waals surface area contributed by atoms with Crippen LogP contribution in [0, 0.1) is 13.8 Å². The maximum atomic E-state index is 10.8. The van der Waals surface area contributed by atoms with Gasteiger partial charge in [0.15, 0.2) is 0 Å². The van der Waals surface area contributed by atoms with Crippen LogP contribution in [-0.4, -0.2) is 11.1 Å². The van der Waals surface area contributed by atoms with Crippen LogP contribution in [0.1, 0.15) is 20.8 Å². The Bertz CT molecular complexity index is 479. The second-order valence-electron chi connectivity index (χ2n) is 2.94. The molecule has 0 aliphatic rings. The van der Waals surface area contributed by atoms with Gasteiger partial charge in [-0.2, -0.15) is 0 Å². The van der Waals surface area contributed by atoms with Crippen LogP contribution in [0.15, 0.2) is 5.38 Å². The number of hydrogen-bond donors (Lipinski definition) is 1. The fourth-order valence-electron chi connectivity index (χ4n) is 1.30. The van der Waals surface area contributed by atoms with E-state index in [1.807, 2.05) is 13.8 Å². The first-order valence-corrected chi connectivity index (χ1v) is 5.51. The topological polar surface area (TPSA) is 37.3 Å². The Morgan fingerprint density at radius 2 is 2.08 bits per heavy atom. The number of fused-ring (bicyclic) bond motifs is 1. The quantitative estimate of drug-likeness (QED) is 0.787. The van der Waals surface area contributed by atoms with Crippen molar-refractivity contribution in [2.75, 3.05) is 0 Å². The summed E-state index contributed by atoms with van der Waals surface area (Å²) in [7, 11) is 0. The number of carbonyl (C=O) groups is 1. The standard InChI is InChI=1S/C9H8O2S2/c1-4-3-12-7-5(2)8(9(10)11)13-6(4)7/h3H,1-2H3,(H,10,11). The Kier molecular flexibility index (Phi) is 1.89. The molecule has 68 valence electrons. The second kappa shape index (κ2) is 2.82. The molecule has 2 aromatic rings. The van der Waals surface area contributed by atoms with Gasteiger partial charge in [-0.1, -0.05) is 0 Å². The fourth-order valence-corrected chi connectivity index (χ4v) is 3.68. The molecule has 0 spiro atoms. The zero-order valence-electron chi connectivity index (χ0n) is 7.25. The number of rotatable bonds is 1. The monoisotopic (exact) mass is 212 g/mol. The molecule has 0 saturated carbocycles. The first-order valence-electron chi connectivity index (χ1n) is 3.81. The lowest BCUT2D eigenvalue weighted by atomic mass is 10.2. The van der Waals surface area contributed by atoms with Crippen molar-refractivity contribution in [1.82, 2.24) is 0 Å². The highest BCUT2D eigenvalue weighted by atomic mass is 32.1. The van der Waals surface area contributed by atoms with E-state index in [-0.39, 0.29) is 0 Å². The summed E-state index contributed by atoms with van der Waals surface area (Å²) in [5, 5.41) is 11.0. The zero-order chi connectivity index (χ0) is 9.59. The van der Waals surface area contributed by atoms with E-state index in [2.05, 4.69) is 5.38 Å². The maximum Gasteiger partial charge on any atom is 0.346 e. The first kappa shape index (κ1) is 8.72. The normalized spacial score (nSPS) is 10.9. The van der Waals surface area contributed by atoms with Crippen molar-refractivity contribution in [3.8, 4) is 0 Å². The van der Waals surface area contributed by atoms with Gasteiger partial charge in [0.2, 0.25) is 0 Å². The highest BCUT2D eigenvalue weighted by molar-refractivity contribution is 7.28. The van der Waals surface area contributed by atoms with Crippen LogP contribution < -0.4 is 0 Å². The number of carboxylic acid groups (broad SMARTS) is 1. The average molecular weight is 212 g/mol. The van der Waals surface area contributed by atoms with E-state index in [4.69, 9.17) is 5.11 Å². The van der Waals surface area contributed by atoms with Crippen molar-refractivity contribution in [2.24, 2.45) is 0 Å². The first-order chi connectivity index (χ1) is 6.11. The van der Waals surface area contributed by atoms with Crippen LogP contribution in [0.25, 0.3) is 9.40 Å². The Morgan fingerprint density at radius 1 is 1.38 bits per heavy atom. The maximum absolute atomic E-state index is 10.8. The lowest BCUT2D eigenvalue weighted by Gasteiger charge is -1.88. The fraction of sp³-hybridized carbons (Fsp3) is 0.222. The SMILES string of the molecule is Cc1csc2c(C)c(C(=O)O)sc12. The van der Waals surface area contributed by atoms with Crippen molar-refractivity contribution in [3.05, 3.63) is 21.4 Å². The van der Waals surface area contributed by atoms with Gasteiger partial charge in [0, 0.05) is 9.40 Å². The van der Waals surface area contributed by atoms with Gasteiger partial charge in [0.05, 0.1) is 0 Å². The number of aromatic carboxylic acids is 1. The summed E-state index contributed by atoms with van der Waals surface area (Å²) in [5.74, 6) is -0.815. The van der Waals surface area contributed by atoms with Gasteiger partial charge in [0.1, 0.15) is 4.88 Å². The summed E-state index contributed by atoms with van der Waals surface area (Å²) in [6.07, 6.45) is 0. The molecule has 0 unspecified atom stereocenters. The van der Waals surface area contributed by atoms with Crippen molar-refractivity contribution >= 4 is 38.0 Å². The lowest BCUT2D eigenvalue weighted by Crippen LogP contribution is -1.93. The molecule has 0 atom stereocenters. The number of aryl methyl sites for hydroxylation is 2. The molecule has 2 nitrogen and oxygen atoms in total. The van der Waals surface area contributed by atoms with Gasteiger partial charge in [-0.3, -0.25) is 0 Å². The van der Waals surface area contributed by atoms with Crippen LogP contribution in [0.3, 0.4) is 0 Å². The van der Waals surface area contributed by atoms with E-state index in [0.29, 0.717) is 4.88 Å². The molecule has 0 aromatic carbocycles. The molecule has 0 saturated heterocycles. The van der Waals surface area contributed by atoms with Crippen LogP contribution in [0.2, 0.25) is 0 Å². The van der Waals surface area contributed by atoms with Gasteiger partial charge in [0.25, 0.3) is 0 Å². The molecule has 0 aliphatic heterocycles. The summed E-state index contributed by atoms with van der Waals surface area (Å²) in [6.45, 7) is 3.89. The van der Waals surface area contributed by atoms with Crippen LogP contribution in [-0.2, 0) is 0 Å². The van der Waals surface area contributed by atoms with Gasteiger partial charge >= 0.3 is 5.97 Å². The lowest BCUT2D eigenvalue weighted by molar-refractivity contribution is 0.0701. The summed E-state index contributed by atoms with van der Waals surface area (Å²) < 4.78 is 2.25. The number of carboxylic acids is 1. The van der Waals surface area contributed by atoms with Crippen molar-refractivity contribution < 1.29 is 9.90 Å². The summed E-state index contributed by atoms with van der Waals surface area (Å²) in [5.41, 5.74) is 2.09. The largest absolute Gasteiger partial charge is 0.477 e. The molecule has 0 amide bonds. The molecule has 13 heavy (non-hydrogen) atoms. The van der Waals surface area contributed by atoms with E-state index in [9.17, 15) is 4.79 Å². The second-order valence-corrected chi connectivity index (χ2v) is 4.84. The Labute approximate surface area is 83.4 Å². The molecule has 2 rings (SSSR count). The molecule has 1 N–H and O–H groups in total. The van der Waals surface area contributed by atoms with E-state index < -0.39 is 5.97 Å². The highest BCUT2D eigenvalue weighted by Gasteiger charge is 2.16. The minimum Gasteiger partial charge on any atom is -0.477 e. The van der Waals surface area contributed by atoms with Crippen molar-refractivity contribution in [2.45, 2.75) is 13.8 Å². The minimum absolute atomic E-state index is 0.477. The number of hydrogen-bond acceptors (Lipinski definition) is 3. The van der Waals surface area contributed by atoms with Gasteiger partial charge < -0.3 is 5.11 Å². The smallest absolute Gasteiger partial charge is 0.346 e. The molecule has 2 aromatic heterocycles. The highest BCUT2D eigenvalue weighted by Crippen LogP contribution is 2.37. The van der Waals surface area contributed by atoms with E-state index in [1.165, 1.54) is 16.9 Å². The molecule has 0 aliphatic carbocycles. The van der Waals surface area contributed by atoms with E-state index >= 15 is 0 Å². The Morgan fingerprint density at radius 3 is 2.62 bits per heavy atom. The zero-order valence-corrected chi connectivity index (χ0v) is 8.88. The molecule has 0 bridgehead atoms. The van der Waals surface area contributed by atoms with Gasteiger partial charge in [-0.25, -0.2) is 4.79 Å². The van der Waals surface area contributed by atoms with Gasteiger partial charge in [-0.15, -0.1) is 22.7 Å². The molecular weight excluding hydrogens is 204 g/mol. The molecular formula is C9H8O2S2. The Balaban J connectivity index is 2.81. The Hall–Kier alpha value is -0.870. The van der Waals surface area contributed by atoms with Gasteiger partial charge in [-0.05, 0) is 30.4 Å². The van der Waals surface area contributed by atoms with Crippen LogP contribution in [0.5, 0.6) is 0 Å². The summed E-state index contributed by atoms with van der Waals surface area (Å²) >= 11 is 3.00. The van der Waals surface area contributed by atoms with Crippen molar-refractivity contribution in [1.29, 1.82) is 0 Å². The van der Waals surface area contributed by atoms with Crippen LogP contribution in [0.4, 0.5) is 0 Å². The predicted octanol–water partition coefficient (Wildman–Crippen LogP) is 3.28. The van der Waals surface area contributed by atoms with E-state index in [1.54, 1.807) is 11.3 Å². The average Bonchev–Trinajstić information content (AvgIpc) is 2.55. The summed E-state index contributed by atoms with van der Waals surface area (Å²) in [4.78, 5) is 11.3. The third-order valence-corrected chi connectivity index (χ3v) is 4.76. The minimum atomic E-state index is -0.815. The number of thiophene rings is 2. The van der Waals surface area contributed by atoms with Crippen LogP contribution >= 0.6 is 22.7 Å². The molecule has 4 heteroatoms. The summed E-state index contributed by atoms with van der Waals surface area (Å²) in [6, 6.07) is 0. The molecule has 2 heterocycles. The van der Waals surface area contributed by atoms with E-state index in [0.717, 1.165) is 15.0 Å². The third-order valence-electron chi connectivity index (χ3n) is 2.00. The van der Waals surface area contributed by atoms with Crippen molar-refractivity contribution in [3.63, 3.8) is 0 Å². The molecule has 0 radical (unpaired) electrons. The molecule has 0 fully saturated rings. The third kappa shape index (κ3) is 1.17. The predicted molar refractivity (Wildman–Crippen MR) is 56.1 cm³/mol.